The second kappa shape index (κ2) is 7.62. The average molecular weight is 454 g/mol. The van der Waals surface area contributed by atoms with Crippen LogP contribution in [0.3, 0.4) is 0 Å². The van der Waals surface area contributed by atoms with Crippen LogP contribution in [0.5, 0.6) is 5.75 Å². The van der Waals surface area contributed by atoms with Gasteiger partial charge in [-0.1, -0.05) is 48.5 Å². The maximum atomic E-state index is 13.7. The van der Waals surface area contributed by atoms with Crippen LogP contribution in [0.25, 0.3) is 21.9 Å². The Morgan fingerprint density at radius 3 is 2.62 bits per heavy atom. The van der Waals surface area contributed by atoms with Gasteiger partial charge in [0.25, 0.3) is 5.56 Å². The van der Waals surface area contributed by atoms with Crippen LogP contribution in [-0.4, -0.2) is 32.3 Å². The highest BCUT2D eigenvalue weighted by Crippen LogP contribution is 2.33. The van der Waals surface area contributed by atoms with Crippen molar-refractivity contribution in [2.45, 2.75) is 13.1 Å². The van der Waals surface area contributed by atoms with Crippen molar-refractivity contribution in [3.05, 3.63) is 93.1 Å². The van der Waals surface area contributed by atoms with Crippen molar-refractivity contribution in [2.75, 3.05) is 18.6 Å². The molecule has 0 fully saturated rings. The zero-order valence-electron chi connectivity index (χ0n) is 18.9. The molecular formula is C26H23N5O3. The van der Waals surface area contributed by atoms with Crippen LogP contribution in [0.15, 0.2) is 76.3 Å². The molecule has 0 spiro atoms. The lowest BCUT2D eigenvalue weighted by Crippen LogP contribution is -2.40. The zero-order chi connectivity index (χ0) is 23.4. The second-order valence-electron chi connectivity index (χ2n) is 8.46. The van der Waals surface area contributed by atoms with Crippen LogP contribution in [0, 0.1) is 0 Å². The van der Waals surface area contributed by atoms with Crippen molar-refractivity contribution >= 4 is 33.6 Å². The van der Waals surface area contributed by atoms with E-state index in [2.05, 4.69) is 0 Å². The Morgan fingerprint density at radius 2 is 1.76 bits per heavy atom. The topological polar surface area (TPSA) is 74.3 Å². The van der Waals surface area contributed by atoms with Crippen molar-refractivity contribution in [3.8, 4) is 5.75 Å². The van der Waals surface area contributed by atoms with Gasteiger partial charge in [-0.3, -0.25) is 13.9 Å². The molecule has 1 aliphatic heterocycles. The van der Waals surface area contributed by atoms with Crippen molar-refractivity contribution in [2.24, 2.45) is 7.05 Å². The molecule has 1 aliphatic rings. The number of aromatic nitrogens is 4. The lowest BCUT2D eigenvalue weighted by molar-refractivity contribution is 0.415. The monoisotopic (exact) mass is 453 g/mol. The highest BCUT2D eigenvalue weighted by molar-refractivity contribution is 5.85. The first-order valence-corrected chi connectivity index (χ1v) is 11.1. The highest BCUT2D eigenvalue weighted by atomic mass is 16.5. The summed E-state index contributed by atoms with van der Waals surface area (Å²) in [7, 11) is 3.30. The van der Waals surface area contributed by atoms with Gasteiger partial charge in [0.05, 0.1) is 13.7 Å². The van der Waals surface area contributed by atoms with E-state index in [9.17, 15) is 9.59 Å². The summed E-state index contributed by atoms with van der Waals surface area (Å²) in [6, 6.07) is 21.7. The highest BCUT2D eigenvalue weighted by Gasteiger charge is 2.29. The van der Waals surface area contributed by atoms with E-state index in [4.69, 9.17) is 9.72 Å². The number of fused-ring (bicyclic) bond motifs is 4. The van der Waals surface area contributed by atoms with E-state index in [0.717, 1.165) is 27.8 Å². The van der Waals surface area contributed by atoms with Gasteiger partial charge in [0.2, 0.25) is 5.95 Å². The van der Waals surface area contributed by atoms with Gasteiger partial charge in [0, 0.05) is 31.9 Å². The zero-order valence-corrected chi connectivity index (χ0v) is 18.9. The first kappa shape index (κ1) is 20.3. The second-order valence-corrected chi connectivity index (χ2v) is 8.46. The van der Waals surface area contributed by atoms with E-state index in [1.165, 1.54) is 9.13 Å². The number of methoxy groups -OCH3 is 1. The van der Waals surface area contributed by atoms with Crippen molar-refractivity contribution in [1.82, 2.24) is 18.7 Å². The normalized spacial score (nSPS) is 13.1. The van der Waals surface area contributed by atoms with Crippen molar-refractivity contribution < 1.29 is 4.74 Å². The molecule has 34 heavy (non-hydrogen) atoms. The predicted molar refractivity (Wildman–Crippen MR) is 132 cm³/mol. The summed E-state index contributed by atoms with van der Waals surface area (Å²) < 4.78 is 10.1. The number of aryl methyl sites for hydroxylation is 1. The van der Waals surface area contributed by atoms with Crippen LogP contribution in [0.1, 0.15) is 5.56 Å². The van der Waals surface area contributed by atoms with Crippen LogP contribution in [0.4, 0.5) is 11.6 Å². The summed E-state index contributed by atoms with van der Waals surface area (Å²) >= 11 is 0. The van der Waals surface area contributed by atoms with E-state index in [1.54, 1.807) is 14.2 Å². The standard InChI is InChI=1S/C26H23N5O3/c1-28-23-22(30-14-13-29(25(30)27-23)19-10-6-11-20(15-19)34-2)24(32)31(26(28)33)16-18-9-5-8-17-7-3-4-12-21(17)18/h3-12,15H,13-14,16H2,1-2H3. The van der Waals surface area contributed by atoms with Gasteiger partial charge in [0.1, 0.15) is 5.75 Å². The van der Waals surface area contributed by atoms with Gasteiger partial charge in [0.15, 0.2) is 11.2 Å². The minimum absolute atomic E-state index is 0.197. The molecule has 0 amide bonds. The van der Waals surface area contributed by atoms with Gasteiger partial charge in [-0.25, -0.2) is 4.79 Å². The Hall–Kier alpha value is -4.33. The lowest BCUT2D eigenvalue weighted by atomic mass is 10.0. The molecule has 3 aromatic carbocycles. The molecule has 0 saturated heterocycles. The number of nitrogens with zero attached hydrogens (tertiary/aromatic N) is 5. The number of rotatable bonds is 4. The third kappa shape index (κ3) is 2.95. The molecule has 0 radical (unpaired) electrons. The Balaban J connectivity index is 1.51. The van der Waals surface area contributed by atoms with E-state index < -0.39 is 0 Å². The third-order valence-electron chi connectivity index (χ3n) is 6.57. The predicted octanol–water partition coefficient (Wildman–Crippen LogP) is 3.26. The maximum absolute atomic E-state index is 13.7. The summed E-state index contributed by atoms with van der Waals surface area (Å²) in [5.74, 6) is 1.40. The van der Waals surface area contributed by atoms with Gasteiger partial charge >= 0.3 is 5.69 Å². The first-order valence-electron chi connectivity index (χ1n) is 11.1. The van der Waals surface area contributed by atoms with E-state index in [1.807, 2.05) is 76.2 Å². The van der Waals surface area contributed by atoms with E-state index in [-0.39, 0.29) is 17.8 Å². The molecule has 0 unspecified atom stereocenters. The van der Waals surface area contributed by atoms with Gasteiger partial charge < -0.3 is 14.2 Å². The quantitative estimate of drug-likeness (QED) is 0.418. The number of imidazole rings is 1. The summed E-state index contributed by atoms with van der Waals surface area (Å²) in [6.07, 6.45) is 0. The van der Waals surface area contributed by atoms with Gasteiger partial charge in [-0.15, -0.1) is 0 Å². The maximum Gasteiger partial charge on any atom is 0.332 e. The number of benzene rings is 3. The molecule has 0 aliphatic carbocycles. The van der Waals surface area contributed by atoms with Crippen LogP contribution < -0.4 is 20.9 Å². The molecule has 2 aromatic heterocycles. The molecular weight excluding hydrogens is 430 g/mol. The molecule has 0 N–H and O–H groups in total. The van der Waals surface area contributed by atoms with Crippen LogP contribution >= 0.6 is 0 Å². The van der Waals surface area contributed by atoms with Gasteiger partial charge in [-0.2, -0.15) is 4.98 Å². The Labute approximate surface area is 194 Å². The van der Waals surface area contributed by atoms with Crippen LogP contribution in [-0.2, 0) is 20.1 Å². The largest absolute Gasteiger partial charge is 0.497 e. The smallest absolute Gasteiger partial charge is 0.332 e. The molecule has 0 atom stereocenters. The number of hydrogen-bond acceptors (Lipinski definition) is 5. The summed E-state index contributed by atoms with van der Waals surface area (Å²) in [5, 5.41) is 2.10. The molecule has 5 aromatic rings. The minimum Gasteiger partial charge on any atom is -0.497 e. The molecule has 170 valence electrons. The fourth-order valence-electron chi connectivity index (χ4n) is 4.84. The fourth-order valence-corrected chi connectivity index (χ4v) is 4.84. The third-order valence-corrected chi connectivity index (χ3v) is 6.57. The Kier molecular flexibility index (Phi) is 4.55. The Bertz CT molecular complexity index is 1690. The number of anilines is 2. The number of hydrogen-bond donors (Lipinski definition) is 0. The van der Waals surface area contributed by atoms with Crippen molar-refractivity contribution in [3.63, 3.8) is 0 Å². The van der Waals surface area contributed by atoms with E-state index >= 15 is 0 Å². The van der Waals surface area contributed by atoms with E-state index in [0.29, 0.717) is 30.2 Å². The number of ether oxygens (including phenoxy) is 1. The lowest BCUT2D eigenvalue weighted by Gasteiger charge is -2.16. The van der Waals surface area contributed by atoms with Gasteiger partial charge in [-0.05, 0) is 28.5 Å². The fraction of sp³-hybridized carbons (Fsp3) is 0.192. The summed E-state index contributed by atoms with van der Waals surface area (Å²) in [6.45, 7) is 1.48. The molecule has 3 heterocycles. The van der Waals surface area contributed by atoms with Crippen LogP contribution in [0.2, 0.25) is 0 Å². The molecule has 0 saturated carbocycles. The molecule has 8 nitrogen and oxygen atoms in total. The minimum atomic E-state index is -0.380. The average Bonchev–Trinajstić information content (AvgIpc) is 3.45. The molecule has 0 bridgehead atoms. The Morgan fingerprint density at radius 1 is 0.971 bits per heavy atom. The summed E-state index contributed by atoms with van der Waals surface area (Å²) in [4.78, 5) is 33.7. The first-order chi connectivity index (χ1) is 16.6. The summed E-state index contributed by atoms with van der Waals surface area (Å²) in [5.41, 5.74) is 1.99. The SMILES string of the molecule is COc1cccc(N2CCn3c2nc2c3c(=O)n(Cc3cccc4ccccc34)c(=O)n2C)c1. The molecule has 8 heteroatoms. The molecule has 6 rings (SSSR count). The van der Waals surface area contributed by atoms with Crippen molar-refractivity contribution in [1.29, 1.82) is 0 Å².